The number of hydroxylamine groups is 1. The Kier molecular flexibility index (Phi) is 5.52. The third kappa shape index (κ3) is 4.69. The molecular weight excluding hydrogens is 134 g/mol. The smallest absolute Gasteiger partial charge is 0.0691 e. The van der Waals surface area contributed by atoms with Crippen molar-refractivity contribution < 1.29 is 15.4 Å². The Balaban J connectivity index is 3.27. The lowest BCUT2D eigenvalue weighted by atomic mass is 10.1. The van der Waals surface area contributed by atoms with Crippen LogP contribution in [0.5, 0.6) is 0 Å². The Bertz CT molecular complexity index is 79.4. The average molecular weight is 149 g/mol. The van der Waals surface area contributed by atoms with Crippen molar-refractivity contribution in [3.63, 3.8) is 0 Å². The van der Waals surface area contributed by atoms with E-state index in [2.05, 4.69) is 0 Å². The van der Waals surface area contributed by atoms with Crippen molar-refractivity contribution in [2.75, 3.05) is 13.2 Å². The van der Waals surface area contributed by atoms with E-state index in [1.165, 1.54) is 0 Å². The summed E-state index contributed by atoms with van der Waals surface area (Å²) in [5.41, 5.74) is 1.87. The van der Waals surface area contributed by atoms with Gasteiger partial charge in [-0.05, 0) is 12.3 Å². The molecule has 2 atom stereocenters. The van der Waals surface area contributed by atoms with Crippen molar-refractivity contribution in [1.82, 2.24) is 5.48 Å². The maximum absolute atomic E-state index is 9.02. The lowest BCUT2D eigenvalue weighted by Gasteiger charge is -2.12. The van der Waals surface area contributed by atoms with E-state index in [1.807, 2.05) is 12.4 Å². The average Bonchev–Trinajstić information content (AvgIpc) is 1.88. The highest BCUT2D eigenvalue weighted by molar-refractivity contribution is 4.60. The van der Waals surface area contributed by atoms with Crippen LogP contribution in [-0.4, -0.2) is 34.7 Å². The van der Waals surface area contributed by atoms with Crippen molar-refractivity contribution in [1.29, 1.82) is 0 Å². The Morgan fingerprint density at radius 2 is 2.10 bits per heavy atom. The Morgan fingerprint density at radius 1 is 1.50 bits per heavy atom. The summed E-state index contributed by atoms with van der Waals surface area (Å²) in [6.07, 6.45) is -0.0727. The summed E-state index contributed by atoms with van der Waals surface area (Å²) < 4.78 is 0. The summed E-state index contributed by atoms with van der Waals surface area (Å²) in [5, 5.41) is 25.7. The van der Waals surface area contributed by atoms with Crippen LogP contribution in [0.3, 0.4) is 0 Å². The van der Waals surface area contributed by atoms with Crippen LogP contribution in [0.15, 0.2) is 0 Å². The predicted octanol–water partition coefficient (Wildman–Crippen LogP) is -0.655. The van der Waals surface area contributed by atoms with E-state index in [0.717, 1.165) is 0 Å². The van der Waals surface area contributed by atoms with Gasteiger partial charge in [-0.1, -0.05) is 6.92 Å². The Morgan fingerprint density at radius 3 is 2.50 bits per heavy atom. The number of aliphatic hydroxyl groups excluding tert-OH is 2. The summed E-state index contributed by atoms with van der Waals surface area (Å²) >= 11 is 0. The molecule has 0 aromatic rings. The zero-order valence-corrected chi connectivity index (χ0v) is 6.12. The first-order valence-electron chi connectivity index (χ1n) is 3.36. The summed E-state index contributed by atoms with van der Waals surface area (Å²) in [4.78, 5) is 0. The van der Waals surface area contributed by atoms with Crippen LogP contribution in [0.4, 0.5) is 0 Å². The predicted molar refractivity (Wildman–Crippen MR) is 36.7 cm³/mol. The third-order valence-electron chi connectivity index (χ3n) is 1.31. The minimum absolute atomic E-state index is 0.0719. The second kappa shape index (κ2) is 5.61. The quantitative estimate of drug-likeness (QED) is 0.392. The van der Waals surface area contributed by atoms with E-state index in [9.17, 15) is 0 Å². The molecule has 0 aromatic carbocycles. The van der Waals surface area contributed by atoms with Gasteiger partial charge in [0.05, 0.1) is 6.10 Å². The van der Waals surface area contributed by atoms with Crippen LogP contribution in [0.25, 0.3) is 0 Å². The monoisotopic (exact) mass is 149 g/mol. The van der Waals surface area contributed by atoms with Gasteiger partial charge in [-0.25, -0.2) is 5.48 Å². The van der Waals surface area contributed by atoms with E-state index in [-0.39, 0.29) is 19.1 Å². The van der Waals surface area contributed by atoms with Gasteiger partial charge in [0.1, 0.15) is 0 Å². The van der Waals surface area contributed by atoms with Crippen LogP contribution in [-0.2, 0) is 0 Å². The molecule has 4 N–H and O–H groups in total. The van der Waals surface area contributed by atoms with E-state index in [4.69, 9.17) is 15.4 Å². The fraction of sp³-hybridized carbons (Fsp3) is 1.00. The van der Waals surface area contributed by atoms with Crippen molar-refractivity contribution in [2.45, 2.75) is 19.4 Å². The number of aliphatic hydroxyl groups is 2. The SMILES string of the molecule is CC(CO)CC(O)CNO. The van der Waals surface area contributed by atoms with Gasteiger partial charge in [-0.3, -0.25) is 0 Å². The van der Waals surface area contributed by atoms with Crippen molar-refractivity contribution in [3.05, 3.63) is 0 Å². The second-order valence-corrected chi connectivity index (χ2v) is 2.54. The lowest BCUT2D eigenvalue weighted by molar-refractivity contribution is 0.0704. The molecule has 62 valence electrons. The van der Waals surface area contributed by atoms with E-state index in [0.29, 0.717) is 6.42 Å². The summed E-state index contributed by atoms with van der Waals surface area (Å²) in [6.45, 7) is 2.06. The van der Waals surface area contributed by atoms with Gasteiger partial charge in [0.2, 0.25) is 0 Å². The molecule has 0 aliphatic heterocycles. The third-order valence-corrected chi connectivity index (χ3v) is 1.31. The Hall–Kier alpha value is -0.160. The highest BCUT2D eigenvalue weighted by atomic mass is 16.5. The van der Waals surface area contributed by atoms with Crippen molar-refractivity contribution >= 4 is 0 Å². The molecule has 4 heteroatoms. The highest BCUT2D eigenvalue weighted by Gasteiger charge is 2.07. The lowest BCUT2D eigenvalue weighted by Crippen LogP contribution is -2.26. The first-order chi connectivity index (χ1) is 4.70. The van der Waals surface area contributed by atoms with Gasteiger partial charge in [0.15, 0.2) is 0 Å². The maximum Gasteiger partial charge on any atom is 0.0691 e. The molecule has 0 fully saturated rings. The number of nitrogens with one attached hydrogen (secondary N) is 1. The van der Waals surface area contributed by atoms with E-state index in [1.54, 1.807) is 0 Å². The van der Waals surface area contributed by atoms with Crippen LogP contribution >= 0.6 is 0 Å². The fourth-order valence-corrected chi connectivity index (χ4v) is 0.728. The molecule has 0 saturated heterocycles. The summed E-state index contributed by atoms with van der Waals surface area (Å²) in [5.74, 6) is 0.0864. The molecule has 4 nitrogen and oxygen atoms in total. The number of hydrogen-bond acceptors (Lipinski definition) is 4. The van der Waals surface area contributed by atoms with Gasteiger partial charge < -0.3 is 15.4 Å². The maximum atomic E-state index is 9.02. The first-order valence-corrected chi connectivity index (χ1v) is 3.36. The van der Waals surface area contributed by atoms with Gasteiger partial charge in [0.25, 0.3) is 0 Å². The topological polar surface area (TPSA) is 72.7 Å². The molecule has 10 heavy (non-hydrogen) atoms. The van der Waals surface area contributed by atoms with Gasteiger partial charge in [0, 0.05) is 13.2 Å². The zero-order chi connectivity index (χ0) is 7.98. The van der Waals surface area contributed by atoms with Crippen LogP contribution < -0.4 is 5.48 Å². The highest BCUT2D eigenvalue weighted by Crippen LogP contribution is 2.03. The van der Waals surface area contributed by atoms with Gasteiger partial charge in [-0.15, -0.1) is 0 Å². The molecule has 0 bridgehead atoms. The second-order valence-electron chi connectivity index (χ2n) is 2.54. The normalized spacial score (nSPS) is 16.8. The molecule has 0 heterocycles. The van der Waals surface area contributed by atoms with Crippen molar-refractivity contribution in [2.24, 2.45) is 5.92 Å². The largest absolute Gasteiger partial charge is 0.396 e. The summed E-state index contributed by atoms with van der Waals surface area (Å²) in [7, 11) is 0. The minimum atomic E-state index is -0.577. The molecule has 0 rings (SSSR count). The van der Waals surface area contributed by atoms with Crippen LogP contribution in [0.2, 0.25) is 0 Å². The molecule has 2 unspecified atom stereocenters. The molecule has 0 aliphatic carbocycles. The molecule has 0 saturated carbocycles. The standard InChI is InChI=1S/C6H15NO3/c1-5(4-8)2-6(9)3-7-10/h5-10H,2-4H2,1H3. The van der Waals surface area contributed by atoms with Crippen LogP contribution in [0.1, 0.15) is 13.3 Å². The molecule has 0 aliphatic rings. The molecule has 0 amide bonds. The van der Waals surface area contributed by atoms with Gasteiger partial charge in [-0.2, -0.15) is 0 Å². The fourth-order valence-electron chi connectivity index (χ4n) is 0.728. The number of hydrogen-bond donors (Lipinski definition) is 4. The minimum Gasteiger partial charge on any atom is -0.396 e. The van der Waals surface area contributed by atoms with Crippen LogP contribution in [0, 0.1) is 5.92 Å². The first kappa shape index (κ1) is 9.84. The van der Waals surface area contributed by atoms with Gasteiger partial charge >= 0.3 is 0 Å². The van der Waals surface area contributed by atoms with E-state index >= 15 is 0 Å². The number of rotatable bonds is 5. The van der Waals surface area contributed by atoms with E-state index < -0.39 is 6.10 Å². The zero-order valence-electron chi connectivity index (χ0n) is 6.12. The molecule has 0 aromatic heterocycles. The molecular formula is C6H15NO3. The van der Waals surface area contributed by atoms with Crippen molar-refractivity contribution in [3.8, 4) is 0 Å². The molecule has 0 radical (unpaired) electrons. The molecule has 0 spiro atoms. The Labute approximate surface area is 60.5 Å². The summed E-state index contributed by atoms with van der Waals surface area (Å²) in [6, 6.07) is 0.